The number of amides is 4. The molecule has 0 radical (unpaired) electrons. The van der Waals surface area contributed by atoms with E-state index in [9.17, 15) is 28.8 Å². The molecule has 13 heteroatoms. The highest BCUT2D eigenvalue weighted by molar-refractivity contribution is 5.97. The molecule has 0 unspecified atom stereocenters. The fourth-order valence-electron chi connectivity index (χ4n) is 4.46. The van der Waals surface area contributed by atoms with E-state index in [-0.39, 0.29) is 75.6 Å². The fourth-order valence-corrected chi connectivity index (χ4v) is 4.46. The van der Waals surface area contributed by atoms with E-state index in [4.69, 9.17) is 19.9 Å². The molecule has 4 amide bonds. The maximum absolute atomic E-state index is 13.4. The van der Waals surface area contributed by atoms with Crippen molar-refractivity contribution < 1.29 is 43.0 Å². The van der Waals surface area contributed by atoms with Crippen LogP contribution in [0.3, 0.4) is 0 Å². The van der Waals surface area contributed by atoms with Gasteiger partial charge in [0.1, 0.15) is 12.4 Å². The molecule has 0 saturated carbocycles. The molecule has 0 fully saturated rings. The zero-order valence-electron chi connectivity index (χ0n) is 28.1. The Morgan fingerprint density at radius 2 is 1.52 bits per heavy atom. The van der Waals surface area contributed by atoms with Gasteiger partial charge in [-0.1, -0.05) is 58.0 Å². The molecule has 0 heterocycles. The predicted molar refractivity (Wildman–Crippen MR) is 179 cm³/mol. The van der Waals surface area contributed by atoms with Gasteiger partial charge < -0.3 is 35.9 Å². The number of ketones is 1. The van der Waals surface area contributed by atoms with Crippen LogP contribution in [0.5, 0.6) is 5.75 Å². The molecule has 0 spiro atoms. The van der Waals surface area contributed by atoms with Crippen LogP contribution in [0.15, 0.2) is 54.6 Å². The number of nitrogens with one attached hydrogen (secondary N) is 3. The number of Topliss-reactive ketones (excluding diaryl/α,β-unsaturated/α-hetero) is 1. The molecule has 262 valence electrons. The van der Waals surface area contributed by atoms with E-state index in [1.54, 1.807) is 76.2 Å². The van der Waals surface area contributed by atoms with Gasteiger partial charge in [0.05, 0.1) is 31.6 Å². The number of hydrogen-bond acceptors (Lipinski definition) is 9. The number of hydrogen-bond donors (Lipinski definition) is 4. The molecule has 0 aliphatic carbocycles. The Morgan fingerprint density at radius 1 is 0.854 bits per heavy atom. The molecule has 2 rings (SSSR count). The van der Waals surface area contributed by atoms with E-state index in [2.05, 4.69) is 16.0 Å². The molecule has 2 atom stereocenters. The monoisotopic (exact) mass is 668 g/mol. The Hall–Kier alpha value is -4.78. The number of urea groups is 1. The standard InChI is InChI=1S/C35H48N4O9/c1-23(2)32(39-30(41)16-19-46-20-17-31(42)48-28-10-6-5-7-11-28)29(40)21-26(9-8-18-37-35(36)45)33(43)38-27-14-12-25(13-15-27)22-47-34(44)24(3)4/h5-7,10-15,23-24,26,32H,8-9,16-22H2,1-4H3,(H,38,43)(H,39,41)(H3,36,37,45)/t26-,32+/m1/s1. The summed E-state index contributed by atoms with van der Waals surface area (Å²) in [5, 5.41) is 8.07. The van der Waals surface area contributed by atoms with Crippen LogP contribution >= 0.6 is 0 Å². The lowest BCUT2D eigenvalue weighted by Gasteiger charge is -2.24. The third kappa shape index (κ3) is 15.7. The minimum Gasteiger partial charge on any atom is -0.461 e. The largest absolute Gasteiger partial charge is 0.461 e. The summed E-state index contributed by atoms with van der Waals surface area (Å²) in [6, 6.07) is 13.9. The summed E-state index contributed by atoms with van der Waals surface area (Å²) in [6.07, 6.45) is 0.512. The van der Waals surface area contributed by atoms with Gasteiger partial charge >= 0.3 is 18.0 Å². The summed E-state index contributed by atoms with van der Waals surface area (Å²) in [7, 11) is 0. The van der Waals surface area contributed by atoms with Crippen LogP contribution in [-0.2, 0) is 40.1 Å². The first-order valence-corrected chi connectivity index (χ1v) is 16.1. The summed E-state index contributed by atoms with van der Waals surface area (Å²) >= 11 is 0. The molecule has 0 saturated heterocycles. The van der Waals surface area contributed by atoms with Gasteiger partial charge in [0.25, 0.3) is 0 Å². The van der Waals surface area contributed by atoms with E-state index in [0.717, 1.165) is 5.56 Å². The maximum atomic E-state index is 13.4. The van der Waals surface area contributed by atoms with Crippen LogP contribution in [0, 0.1) is 17.8 Å². The SMILES string of the molecule is CC(C)C(=O)OCc1ccc(NC(=O)[C@H](CCCNC(N)=O)CC(=O)[C@@H](NC(=O)CCOCCC(=O)Oc2ccccc2)C(C)C)cc1. The summed E-state index contributed by atoms with van der Waals surface area (Å²) in [4.78, 5) is 74.3. The minimum atomic E-state index is -0.842. The van der Waals surface area contributed by atoms with Crippen LogP contribution in [0.1, 0.15) is 65.4 Å². The van der Waals surface area contributed by atoms with Crippen molar-refractivity contribution in [1.29, 1.82) is 0 Å². The van der Waals surface area contributed by atoms with E-state index in [0.29, 0.717) is 17.9 Å². The average Bonchev–Trinajstić information content (AvgIpc) is 3.04. The fraction of sp³-hybridized carbons (Fsp3) is 0.486. The Kier molecular flexibility index (Phi) is 17.4. The second-order valence-corrected chi connectivity index (χ2v) is 11.9. The Balaban J connectivity index is 1.91. The van der Waals surface area contributed by atoms with Crippen LogP contribution in [0.2, 0.25) is 0 Å². The minimum absolute atomic E-state index is 0.0138. The molecule has 2 aromatic rings. The first-order valence-electron chi connectivity index (χ1n) is 16.1. The molecular formula is C35H48N4O9. The molecule has 2 aromatic carbocycles. The number of benzene rings is 2. The number of esters is 2. The smallest absolute Gasteiger partial charge is 0.313 e. The van der Waals surface area contributed by atoms with Crippen LogP contribution in [-0.4, -0.2) is 61.4 Å². The molecule has 48 heavy (non-hydrogen) atoms. The Morgan fingerprint density at radius 3 is 2.15 bits per heavy atom. The maximum Gasteiger partial charge on any atom is 0.313 e. The third-order valence-corrected chi connectivity index (χ3v) is 7.15. The van der Waals surface area contributed by atoms with E-state index in [1.807, 2.05) is 6.07 Å². The lowest BCUT2D eigenvalue weighted by Crippen LogP contribution is -2.45. The zero-order chi connectivity index (χ0) is 35.5. The highest BCUT2D eigenvalue weighted by Crippen LogP contribution is 2.20. The molecule has 0 aliphatic heterocycles. The number of para-hydroxylation sites is 1. The van der Waals surface area contributed by atoms with Crippen LogP contribution < -0.4 is 26.4 Å². The predicted octanol–water partition coefficient (Wildman–Crippen LogP) is 3.89. The first kappa shape index (κ1) is 39.4. The van der Waals surface area contributed by atoms with E-state index >= 15 is 0 Å². The number of nitrogens with two attached hydrogens (primary N) is 1. The Labute approximate surface area is 281 Å². The van der Waals surface area contributed by atoms with Gasteiger partial charge in [0.15, 0.2) is 5.78 Å². The Bertz CT molecular complexity index is 1350. The number of anilines is 1. The van der Waals surface area contributed by atoms with Gasteiger partial charge in [-0.2, -0.15) is 0 Å². The van der Waals surface area contributed by atoms with E-state index < -0.39 is 35.8 Å². The summed E-state index contributed by atoms with van der Waals surface area (Å²) in [6.45, 7) is 7.53. The lowest BCUT2D eigenvalue weighted by molar-refractivity contribution is -0.148. The van der Waals surface area contributed by atoms with Crippen LogP contribution in [0.25, 0.3) is 0 Å². The lowest BCUT2D eigenvalue weighted by atomic mass is 9.89. The van der Waals surface area contributed by atoms with Crippen molar-refractivity contribution in [3.63, 3.8) is 0 Å². The van der Waals surface area contributed by atoms with Gasteiger partial charge in [0.2, 0.25) is 11.8 Å². The van der Waals surface area contributed by atoms with Gasteiger partial charge in [-0.15, -0.1) is 0 Å². The molecule has 0 aliphatic rings. The summed E-state index contributed by atoms with van der Waals surface area (Å²) < 4.78 is 15.9. The van der Waals surface area contributed by atoms with Crippen molar-refractivity contribution in [3.05, 3.63) is 60.2 Å². The molecule has 13 nitrogen and oxygen atoms in total. The van der Waals surface area contributed by atoms with Crippen molar-refractivity contribution >= 4 is 41.3 Å². The van der Waals surface area contributed by atoms with Crippen molar-refractivity contribution in [2.24, 2.45) is 23.5 Å². The highest BCUT2D eigenvalue weighted by atomic mass is 16.5. The normalized spacial score (nSPS) is 12.1. The molecular weight excluding hydrogens is 620 g/mol. The average molecular weight is 669 g/mol. The molecule has 0 bridgehead atoms. The number of primary amides is 1. The molecule has 0 aromatic heterocycles. The van der Waals surface area contributed by atoms with Gasteiger partial charge in [-0.3, -0.25) is 24.0 Å². The summed E-state index contributed by atoms with van der Waals surface area (Å²) in [5.74, 6) is -2.69. The topological polar surface area (TPSA) is 192 Å². The number of carbonyl (C=O) groups is 6. The second kappa shape index (κ2) is 21.2. The van der Waals surface area contributed by atoms with Gasteiger partial charge in [0, 0.05) is 31.0 Å². The zero-order valence-corrected chi connectivity index (χ0v) is 28.1. The third-order valence-electron chi connectivity index (χ3n) is 7.15. The highest BCUT2D eigenvalue weighted by Gasteiger charge is 2.29. The van der Waals surface area contributed by atoms with E-state index in [1.165, 1.54) is 0 Å². The van der Waals surface area contributed by atoms with Gasteiger partial charge in [-0.05, 0) is 48.6 Å². The molecule has 5 N–H and O–H groups in total. The van der Waals surface area contributed by atoms with Crippen molar-refractivity contribution in [3.8, 4) is 5.75 Å². The quantitative estimate of drug-likeness (QED) is 0.0868. The first-order chi connectivity index (χ1) is 22.8. The number of rotatable bonds is 21. The number of carbonyl (C=O) groups excluding carboxylic acids is 6. The number of ether oxygens (including phenoxy) is 3. The second-order valence-electron chi connectivity index (χ2n) is 11.9. The van der Waals surface area contributed by atoms with Crippen LogP contribution in [0.4, 0.5) is 10.5 Å². The van der Waals surface area contributed by atoms with Crippen molar-refractivity contribution in [2.75, 3.05) is 25.1 Å². The van der Waals surface area contributed by atoms with Crippen molar-refractivity contribution in [1.82, 2.24) is 10.6 Å². The van der Waals surface area contributed by atoms with Crippen molar-refractivity contribution in [2.45, 2.75) is 72.4 Å². The van der Waals surface area contributed by atoms with Gasteiger partial charge in [-0.25, -0.2) is 4.79 Å². The summed E-state index contributed by atoms with van der Waals surface area (Å²) in [5.41, 5.74) is 6.39.